The maximum absolute atomic E-state index is 9.13. The summed E-state index contributed by atoms with van der Waals surface area (Å²) < 4.78 is 5.77. The highest BCUT2D eigenvalue weighted by atomic mass is 16.5. The molecular weight excluding hydrogens is 226 g/mol. The highest BCUT2D eigenvalue weighted by Crippen LogP contribution is 2.20. The first-order valence-electron chi connectivity index (χ1n) is 7.31. The van der Waals surface area contributed by atoms with Gasteiger partial charge in [0.25, 0.3) is 0 Å². The molecule has 1 saturated heterocycles. The van der Waals surface area contributed by atoms with Gasteiger partial charge >= 0.3 is 0 Å². The Morgan fingerprint density at radius 1 is 1.50 bits per heavy atom. The van der Waals surface area contributed by atoms with Crippen LogP contribution >= 0.6 is 0 Å². The monoisotopic (exact) mass is 251 g/mol. The summed E-state index contributed by atoms with van der Waals surface area (Å²) in [5.74, 6) is 0. The van der Waals surface area contributed by atoms with Crippen molar-refractivity contribution < 1.29 is 4.74 Å². The van der Waals surface area contributed by atoms with E-state index in [1.807, 2.05) is 0 Å². The Labute approximate surface area is 110 Å². The Morgan fingerprint density at radius 3 is 3.00 bits per heavy atom. The topological polar surface area (TPSA) is 48.3 Å². The maximum atomic E-state index is 9.13. The number of nitriles is 1. The third-order valence-corrected chi connectivity index (χ3v) is 3.79. The van der Waals surface area contributed by atoms with Crippen LogP contribution in [0.5, 0.6) is 0 Å². The minimum Gasteiger partial charge on any atom is -0.377 e. The van der Waals surface area contributed by atoms with E-state index in [1.54, 1.807) is 0 Å². The molecule has 2 fully saturated rings. The van der Waals surface area contributed by atoms with Crippen LogP contribution in [0.1, 0.15) is 39.0 Å². The molecular formula is C14H25N3O. The lowest BCUT2D eigenvalue weighted by Gasteiger charge is -2.24. The van der Waals surface area contributed by atoms with Gasteiger partial charge in [-0.2, -0.15) is 5.26 Å². The van der Waals surface area contributed by atoms with Gasteiger partial charge in [-0.15, -0.1) is 0 Å². The second-order valence-corrected chi connectivity index (χ2v) is 5.47. The third-order valence-electron chi connectivity index (χ3n) is 3.79. The van der Waals surface area contributed by atoms with Gasteiger partial charge in [0.1, 0.15) is 0 Å². The Hall–Kier alpha value is -0.630. The van der Waals surface area contributed by atoms with E-state index in [1.165, 1.54) is 12.8 Å². The summed E-state index contributed by atoms with van der Waals surface area (Å²) in [5.41, 5.74) is 0. The molecule has 1 heterocycles. The van der Waals surface area contributed by atoms with Gasteiger partial charge in [0, 0.05) is 32.3 Å². The Bertz CT molecular complexity index is 285. The summed E-state index contributed by atoms with van der Waals surface area (Å²) >= 11 is 0. The first-order valence-corrected chi connectivity index (χ1v) is 7.31. The molecule has 0 bridgehead atoms. The Morgan fingerprint density at radius 2 is 2.33 bits per heavy atom. The minimum absolute atomic E-state index is 0.0294. The lowest BCUT2D eigenvalue weighted by molar-refractivity contribution is 0.0516. The van der Waals surface area contributed by atoms with E-state index in [4.69, 9.17) is 10.00 Å². The minimum atomic E-state index is 0.0294. The average Bonchev–Trinajstić information content (AvgIpc) is 3.21. The molecule has 0 aromatic heterocycles. The molecule has 0 amide bonds. The van der Waals surface area contributed by atoms with Crippen LogP contribution in [0.2, 0.25) is 0 Å². The zero-order valence-corrected chi connectivity index (χ0v) is 11.4. The SMILES string of the molecule is CCC1CN(CCC(C#N)NC2CC2)CCCO1. The summed E-state index contributed by atoms with van der Waals surface area (Å²) in [6.07, 6.45) is 6.00. The van der Waals surface area contributed by atoms with Crippen LogP contribution in [-0.2, 0) is 4.74 Å². The van der Waals surface area contributed by atoms with E-state index in [0.717, 1.165) is 45.5 Å². The van der Waals surface area contributed by atoms with Crippen molar-refractivity contribution in [1.82, 2.24) is 10.2 Å². The number of rotatable bonds is 6. The summed E-state index contributed by atoms with van der Waals surface area (Å²) in [6.45, 7) is 6.21. The van der Waals surface area contributed by atoms with Gasteiger partial charge in [-0.3, -0.25) is 5.32 Å². The molecule has 0 aromatic carbocycles. The molecule has 0 aromatic rings. The maximum Gasteiger partial charge on any atom is 0.0967 e. The van der Waals surface area contributed by atoms with E-state index < -0.39 is 0 Å². The van der Waals surface area contributed by atoms with Crippen LogP contribution in [0.4, 0.5) is 0 Å². The number of nitrogens with one attached hydrogen (secondary N) is 1. The normalized spacial score (nSPS) is 27.4. The van der Waals surface area contributed by atoms with E-state index in [0.29, 0.717) is 12.1 Å². The number of hydrogen-bond acceptors (Lipinski definition) is 4. The second kappa shape index (κ2) is 7.08. The van der Waals surface area contributed by atoms with E-state index in [9.17, 15) is 0 Å². The van der Waals surface area contributed by atoms with Crippen molar-refractivity contribution in [1.29, 1.82) is 5.26 Å². The molecule has 1 saturated carbocycles. The molecule has 4 nitrogen and oxygen atoms in total. The number of hydrogen-bond donors (Lipinski definition) is 1. The molecule has 18 heavy (non-hydrogen) atoms. The molecule has 0 radical (unpaired) electrons. The highest BCUT2D eigenvalue weighted by Gasteiger charge is 2.25. The van der Waals surface area contributed by atoms with Crippen molar-refractivity contribution in [2.24, 2.45) is 0 Å². The van der Waals surface area contributed by atoms with Gasteiger partial charge in [-0.25, -0.2) is 0 Å². The van der Waals surface area contributed by atoms with Crippen molar-refractivity contribution in [2.75, 3.05) is 26.2 Å². The quantitative estimate of drug-likeness (QED) is 0.777. The molecule has 1 aliphatic heterocycles. The van der Waals surface area contributed by atoms with Gasteiger partial charge in [-0.1, -0.05) is 6.92 Å². The fraction of sp³-hybridized carbons (Fsp3) is 0.929. The van der Waals surface area contributed by atoms with Gasteiger partial charge in [-0.05, 0) is 32.1 Å². The molecule has 2 unspecified atom stereocenters. The van der Waals surface area contributed by atoms with E-state index >= 15 is 0 Å². The van der Waals surface area contributed by atoms with Gasteiger partial charge < -0.3 is 9.64 Å². The van der Waals surface area contributed by atoms with Crippen LogP contribution in [0, 0.1) is 11.3 Å². The number of ether oxygens (including phenoxy) is 1. The van der Waals surface area contributed by atoms with Crippen LogP contribution in [0.25, 0.3) is 0 Å². The lowest BCUT2D eigenvalue weighted by Crippen LogP contribution is -2.37. The van der Waals surface area contributed by atoms with Crippen LogP contribution in [0.3, 0.4) is 0 Å². The summed E-state index contributed by atoms with van der Waals surface area (Å²) in [6, 6.07) is 3.03. The summed E-state index contributed by atoms with van der Waals surface area (Å²) in [7, 11) is 0. The van der Waals surface area contributed by atoms with E-state index in [-0.39, 0.29) is 6.04 Å². The van der Waals surface area contributed by atoms with Crippen molar-refractivity contribution in [3.63, 3.8) is 0 Å². The highest BCUT2D eigenvalue weighted by molar-refractivity contribution is 4.96. The smallest absolute Gasteiger partial charge is 0.0967 e. The fourth-order valence-corrected chi connectivity index (χ4v) is 2.45. The molecule has 2 rings (SSSR count). The Balaban J connectivity index is 1.71. The van der Waals surface area contributed by atoms with Gasteiger partial charge in [0.15, 0.2) is 0 Å². The summed E-state index contributed by atoms with van der Waals surface area (Å²) in [4.78, 5) is 2.46. The fourth-order valence-electron chi connectivity index (χ4n) is 2.45. The standard InChI is InChI=1S/C14H25N3O/c1-2-14-11-17(7-3-9-18-14)8-6-13(10-15)16-12-4-5-12/h12-14,16H,2-9,11H2,1H3. The van der Waals surface area contributed by atoms with E-state index in [2.05, 4.69) is 23.2 Å². The van der Waals surface area contributed by atoms with Crippen molar-refractivity contribution >= 4 is 0 Å². The molecule has 102 valence electrons. The molecule has 2 aliphatic rings. The molecule has 4 heteroatoms. The van der Waals surface area contributed by atoms with Crippen molar-refractivity contribution in [3.05, 3.63) is 0 Å². The van der Waals surface area contributed by atoms with Crippen molar-refractivity contribution in [2.45, 2.75) is 57.2 Å². The van der Waals surface area contributed by atoms with Crippen LogP contribution in [0.15, 0.2) is 0 Å². The first kappa shape index (κ1) is 13.8. The average molecular weight is 251 g/mol. The molecule has 1 N–H and O–H groups in total. The predicted molar refractivity (Wildman–Crippen MR) is 71.3 cm³/mol. The van der Waals surface area contributed by atoms with Gasteiger partial charge in [0.05, 0.1) is 18.2 Å². The van der Waals surface area contributed by atoms with Crippen LogP contribution < -0.4 is 5.32 Å². The summed E-state index contributed by atoms with van der Waals surface area (Å²) in [5, 5.41) is 12.5. The van der Waals surface area contributed by atoms with Crippen LogP contribution in [-0.4, -0.2) is 49.3 Å². The lowest BCUT2D eigenvalue weighted by atomic mass is 10.2. The third kappa shape index (κ3) is 4.56. The van der Waals surface area contributed by atoms with Crippen molar-refractivity contribution in [3.8, 4) is 6.07 Å². The molecule has 1 aliphatic carbocycles. The molecule has 2 atom stereocenters. The Kier molecular flexibility index (Phi) is 5.43. The number of nitrogens with zero attached hydrogens (tertiary/aromatic N) is 2. The first-order chi connectivity index (χ1) is 8.81. The molecule has 0 spiro atoms. The van der Waals surface area contributed by atoms with Gasteiger partial charge in [0.2, 0.25) is 0 Å². The second-order valence-electron chi connectivity index (χ2n) is 5.47. The largest absolute Gasteiger partial charge is 0.377 e. The zero-order valence-electron chi connectivity index (χ0n) is 11.4. The predicted octanol–water partition coefficient (Wildman–Crippen LogP) is 1.52. The zero-order chi connectivity index (χ0) is 12.8.